The van der Waals surface area contributed by atoms with Gasteiger partial charge in [0.1, 0.15) is 18.2 Å². The number of nitrogens with zero attached hydrogens (tertiary/aromatic N) is 1. The fourth-order valence-corrected chi connectivity index (χ4v) is 7.36. The van der Waals surface area contributed by atoms with Crippen LogP contribution in [-0.4, -0.2) is 0 Å². The molecule has 2 aromatic heterocycles. The van der Waals surface area contributed by atoms with Gasteiger partial charge in [-0.1, -0.05) is 96.3 Å². The molecule has 0 spiro atoms. The summed E-state index contributed by atoms with van der Waals surface area (Å²) in [5.41, 5.74) is 7.54. The van der Waals surface area contributed by atoms with Gasteiger partial charge in [-0.15, -0.1) is 0 Å². The zero-order chi connectivity index (χ0) is 34.6. The molecule has 5 aromatic rings. The van der Waals surface area contributed by atoms with Crippen LogP contribution in [0, 0.1) is 17.8 Å². The molecule has 43 heavy (non-hydrogen) atoms. The lowest BCUT2D eigenvalue weighted by atomic mass is 9.80. The van der Waals surface area contributed by atoms with E-state index in [1.807, 2.05) is 24.3 Å². The molecule has 2 heterocycles. The molecule has 0 aliphatic heterocycles. The number of fused-ring (bicyclic) bond motifs is 4. The van der Waals surface area contributed by atoms with E-state index in [0.717, 1.165) is 64.4 Å². The molecule has 1 saturated carbocycles. The molecule has 0 saturated heterocycles. The van der Waals surface area contributed by atoms with Crippen LogP contribution < -0.4 is 4.57 Å². The van der Waals surface area contributed by atoms with Crippen LogP contribution in [-0.2, 0) is 26.2 Å². The smallest absolute Gasteiger partial charge is 0.216 e. The third-order valence-corrected chi connectivity index (χ3v) is 9.29. The Hall–Kier alpha value is -3.39. The summed E-state index contributed by atoms with van der Waals surface area (Å²) >= 11 is 0. The molecule has 7 rings (SSSR count). The summed E-state index contributed by atoms with van der Waals surface area (Å²) in [5.74, 6) is -0.931. The highest BCUT2D eigenvalue weighted by Crippen LogP contribution is 2.48. The van der Waals surface area contributed by atoms with Crippen molar-refractivity contribution in [3.05, 3.63) is 88.6 Å². The summed E-state index contributed by atoms with van der Waals surface area (Å²) in [5, 5.41) is 1.94. The van der Waals surface area contributed by atoms with Crippen LogP contribution in [0.5, 0.6) is 0 Å². The number of aryl methyl sites for hydroxylation is 2. The molecular weight excluding hydrogens is 522 g/mol. The standard InChI is InChI=1S/C41H48NO/c1-26-16-17-33-32-15-11-14-31(30-19-18-29(28-12-9-8-10-13-28)34-24-41(5,6)25-35(30)34)38(32)43-39(33)37(26)36-22-27(20-21-42(36)7)23-40(2,3)4/h11,14-22,28H,8-10,12-13,23-25H2,1-7H3/q+1/i24D2,25D2,28D. The van der Waals surface area contributed by atoms with Crippen LogP contribution in [0.15, 0.2) is 65.2 Å². The van der Waals surface area contributed by atoms with E-state index >= 15 is 0 Å². The molecule has 0 N–H and O–H groups in total. The highest BCUT2D eigenvalue weighted by atomic mass is 16.3. The molecule has 0 amide bonds. The van der Waals surface area contributed by atoms with Gasteiger partial charge in [-0.05, 0) is 89.0 Å². The fourth-order valence-electron chi connectivity index (χ4n) is 7.36. The number of benzene rings is 3. The summed E-state index contributed by atoms with van der Waals surface area (Å²) in [6.45, 7) is 12.3. The largest absolute Gasteiger partial charge is 0.454 e. The molecule has 0 radical (unpaired) electrons. The summed E-state index contributed by atoms with van der Waals surface area (Å²) < 4.78 is 56.5. The minimum absolute atomic E-state index is 0.147. The van der Waals surface area contributed by atoms with Crippen molar-refractivity contribution in [2.24, 2.45) is 17.9 Å². The maximum absolute atomic E-state index is 9.54. The van der Waals surface area contributed by atoms with Crippen molar-refractivity contribution in [1.82, 2.24) is 0 Å². The van der Waals surface area contributed by atoms with Gasteiger partial charge in [0.05, 0.1) is 5.56 Å². The van der Waals surface area contributed by atoms with Crippen molar-refractivity contribution < 1.29 is 15.8 Å². The van der Waals surface area contributed by atoms with Gasteiger partial charge in [-0.3, -0.25) is 0 Å². The Balaban J connectivity index is 1.51. The molecule has 3 aromatic carbocycles. The molecule has 2 heteroatoms. The van der Waals surface area contributed by atoms with Gasteiger partial charge in [-0.2, -0.15) is 0 Å². The molecule has 2 nitrogen and oxygen atoms in total. The second kappa shape index (κ2) is 10.4. The van der Waals surface area contributed by atoms with E-state index in [4.69, 9.17) is 4.42 Å². The second-order valence-electron chi connectivity index (χ2n) is 14.6. The normalized spacial score (nSPS) is 22.0. The van der Waals surface area contributed by atoms with Gasteiger partial charge >= 0.3 is 0 Å². The van der Waals surface area contributed by atoms with E-state index in [1.165, 1.54) is 5.56 Å². The van der Waals surface area contributed by atoms with Gasteiger partial charge < -0.3 is 4.42 Å². The first-order valence-electron chi connectivity index (χ1n) is 18.5. The topological polar surface area (TPSA) is 17.0 Å². The maximum Gasteiger partial charge on any atom is 0.216 e. The van der Waals surface area contributed by atoms with Crippen molar-refractivity contribution >= 4 is 21.9 Å². The third kappa shape index (κ3) is 5.11. The van der Waals surface area contributed by atoms with Crippen molar-refractivity contribution in [3.8, 4) is 22.4 Å². The first kappa shape index (κ1) is 23.1. The van der Waals surface area contributed by atoms with E-state index in [2.05, 4.69) is 75.8 Å². The summed E-state index contributed by atoms with van der Waals surface area (Å²) in [6, 6.07) is 18.6. The molecule has 0 bridgehead atoms. The Kier molecular flexibility index (Phi) is 5.55. The Morgan fingerprint density at radius 2 is 1.65 bits per heavy atom. The minimum Gasteiger partial charge on any atom is -0.454 e. The number of hydrogen-bond donors (Lipinski definition) is 0. The Bertz CT molecular complexity index is 2090. The predicted octanol–water partition coefficient (Wildman–Crippen LogP) is 10.8. The molecule has 222 valence electrons. The average Bonchev–Trinajstić information content (AvgIpc) is 3.44. The Morgan fingerprint density at radius 3 is 2.42 bits per heavy atom. The molecule has 1 fully saturated rings. The van der Waals surface area contributed by atoms with Crippen LogP contribution in [0.2, 0.25) is 0 Å². The molecule has 0 unspecified atom stereocenters. The van der Waals surface area contributed by atoms with Crippen molar-refractivity contribution in [3.63, 3.8) is 0 Å². The average molecular weight is 576 g/mol. The van der Waals surface area contributed by atoms with Crippen LogP contribution in [0.1, 0.15) is 107 Å². The maximum atomic E-state index is 9.54. The van der Waals surface area contributed by atoms with Crippen molar-refractivity contribution in [2.45, 2.75) is 98.7 Å². The van der Waals surface area contributed by atoms with Crippen LogP contribution in [0.3, 0.4) is 0 Å². The number of para-hydroxylation sites is 1. The predicted molar refractivity (Wildman–Crippen MR) is 181 cm³/mol. The lowest BCUT2D eigenvalue weighted by Gasteiger charge is -2.25. The molecule has 2 aliphatic carbocycles. The van der Waals surface area contributed by atoms with E-state index in [0.29, 0.717) is 40.7 Å². The van der Waals surface area contributed by atoms with E-state index < -0.39 is 24.1 Å². The summed E-state index contributed by atoms with van der Waals surface area (Å²) in [6.07, 6.45) is 3.37. The SMILES string of the molecule is [2H]C1(c2ccc(-c3cccc4c3oc3c(-c5cc(CC(C)(C)C)cc[n+]5C)c(C)ccc34)c3c2C([2H])([2H])C(C)(C)C3([2H])[2H])CCCCC1. The van der Waals surface area contributed by atoms with Gasteiger partial charge in [0.15, 0.2) is 6.20 Å². The molecule has 0 atom stereocenters. The Morgan fingerprint density at radius 1 is 0.907 bits per heavy atom. The van der Waals surface area contributed by atoms with Crippen LogP contribution in [0.25, 0.3) is 44.3 Å². The third-order valence-electron chi connectivity index (χ3n) is 9.29. The van der Waals surface area contributed by atoms with Gasteiger partial charge in [0.25, 0.3) is 0 Å². The van der Waals surface area contributed by atoms with E-state index in [1.54, 1.807) is 13.8 Å². The zero-order valence-electron chi connectivity index (χ0n) is 31.9. The summed E-state index contributed by atoms with van der Waals surface area (Å²) in [4.78, 5) is 0. The molecule has 2 aliphatic rings. The summed E-state index contributed by atoms with van der Waals surface area (Å²) in [7, 11) is 2.07. The lowest BCUT2D eigenvalue weighted by molar-refractivity contribution is -0.660. The van der Waals surface area contributed by atoms with E-state index in [-0.39, 0.29) is 5.41 Å². The number of hydrogen-bond acceptors (Lipinski definition) is 1. The molecular formula is C41H48NO+. The first-order chi connectivity index (χ1) is 22.4. The van der Waals surface area contributed by atoms with Crippen LogP contribution >= 0.6 is 0 Å². The fraction of sp³-hybridized carbons (Fsp3) is 0.439. The number of pyridine rings is 1. The zero-order valence-corrected chi connectivity index (χ0v) is 26.9. The number of aromatic nitrogens is 1. The van der Waals surface area contributed by atoms with Crippen molar-refractivity contribution in [2.75, 3.05) is 0 Å². The van der Waals surface area contributed by atoms with Crippen molar-refractivity contribution in [1.29, 1.82) is 0 Å². The number of rotatable bonds is 4. The second-order valence-corrected chi connectivity index (χ2v) is 14.6. The highest BCUT2D eigenvalue weighted by molar-refractivity contribution is 6.13. The lowest BCUT2D eigenvalue weighted by Crippen LogP contribution is -2.31. The highest BCUT2D eigenvalue weighted by Gasteiger charge is 2.35. The van der Waals surface area contributed by atoms with Crippen LogP contribution in [0.4, 0.5) is 0 Å². The quantitative estimate of drug-likeness (QED) is 0.195. The first-order valence-corrected chi connectivity index (χ1v) is 16.0. The minimum atomic E-state index is -1.99. The van der Waals surface area contributed by atoms with Gasteiger partial charge in [0, 0.05) is 35.3 Å². The van der Waals surface area contributed by atoms with Gasteiger partial charge in [0.2, 0.25) is 5.69 Å². The van der Waals surface area contributed by atoms with Gasteiger partial charge in [-0.25, -0.2) is 4.57 Å². The monoisotopic (exact) mass is 575 g/mol. The van der Waals surface area contributed by atoms with E-state index in [9.17, 15) is 6.85 Å². The number of furan rings is 1. The Labute approximate surface area is 265 Å².